The molecule has 0 heterocycles. The fourth-order valence-electron chi connectivity index (χ4n) is 2.32. The van der Waals surface area contributed by atoms with Crippen LogP contribution in [0.1, 0.15) is 20.3 Å². The van der Waals surface area contributed by atoms with Gasteiger partial charge in [-0.25, -0.2) is 4.79 Å². The Bertz CT molecular complexity index is 297. The zero-order chi connectivity index (χ0) is 12.5. The summed E-state index contributed by atoms with van der Waals surface area (Å²) in [7, 11) is 2.57. The lowest BCUT2D eigenvalue weighted by atomic mass is 9.53. The SMILES string of the molecule is COC(=O)[C@H]1C[C@@H]([C@@H](O)C(=O)OC)C1(C)C. The molecule has 0 bridgehead atoms. The van der Waals surface area contributed by atoms with Gasteiger partial charge in [-0.2, -0.15) is 0 Å². The lowest BCUT2D eigenvalue weighted by Gasteiger charge is -2.51. The van der Waals surface area contributed by atoms with E-state index in [2.05, 4.69) is 9.47 Å². The van der Waals surface area contributed by atoms with Gasteiger partial charge >= 0.3 is 11.9 Å². The molecule has 0 spiro atoms. The van der Waals surface area contributed by atoms with E-state index in [-0.39, 0.29) is 17.8 Å². The van der Waals surface area contributed by atoms with Crippen LogP contribution in [-0.4, -0.2) is 37.4 Å². The first kappa shape index (κ1) is 13.0. The van der Waals surface area contributed by atoms with Crippen LogP contribution in [0.4, 0.5) is 0 Å². The minimum Gasteiger partial charge on any atom is -0.469 e. The summed E-state index contributed by atoms with van der Waals surface area (Å²) in [4.78, 5) is 22.6. The monoisotopic (exact) mass is 230 g/mol. The molecule has 16 heavy (non-hydrogen) atoms. The molecule has 1 rings (SSSR count). The first-order chi connectivity index (χ1) is 7.36. The van der Waals surface area contributed by atoms with E-state index >= 15 is 0 Å². The standard InChI is InChI=1S/C11H18O5/c1-11(2)6(8(12)10(14)16-4)5-7(11)9(13)15-3/h6-8,12H,5H2,1-4H3/t6-,7+,8+/m0/s1. The first-order valence-electron chi connectivity index (χ1n) is 5.20. The van der Waals surface area contributed by atoms with E-state index in [9.17, 15) is 14.7 Å². The van der Waals surface area contributed by atoms with Gasteiger partial charge in [0, 0.05) is 5.92 Å². The molecular formula is C11H18O5. The molecule has 1 aliphatic carbocycles. The van der Waals surface area contributed by atoms with E-state index in [0.717, 1.165) is 0 Å². The van der Waals surface area contributed by atoms with Crippen molar-refractivity contribution >= 4 is 11.9 Å². The Morgan fingerprint density at radius 1 is 1.31 bits per heavy atom. The maximum absolute atomic E-state index is 11.4. The van der Waals surface area contributed by atoms with Gasteiger partial charge in [-0.1, -0.05) is 13.8 Å². The third-order valence-corrected chi connectivity index (χ3v) is 3.65. The van der Waals surface area contributed by atoms with Gasteiger partial charge < -0.3 is 14.6 Å². The predicted molar refractivity (Wildman–Crippen MR) is 55.4 cm³/mol. The van der Waals surface area contributed by atoms with Crippen molar-refractivity contribution in [2.24, 2.45) is 17.3 Å². The third kappa shape index (κ3) is 1.91. The molecule has 92 valence electrons. The summed E-state index contributed by atoms with van der Waals surface area (Å²) in [5.41, 5.74) is -0.444. The molecule has 0 aromatic heterocycles. The topological polar surface area (TPSA) is 72.8 Å². The van der Waals surface area contributed by atoms with Crippen molar-refractivity contribution in [1.82, 2.24) is 0 Å². The minimum atomic E-state index is -1.17. The Morgan fingerprint density at radius 2 is 1.88 bits per heavy atom. The van der Waals surface area contributed by atoms with Crippen LogP contribution in [0.25, 0.3) is 0 Å². The maximum Gasteiger partial charge on any atom is 0.334 e. The van der Waals surface area contributed by atoms with Crippen LogP contribution in [0.2, 0.25) is 0 Å². The van der Waals surface area contributed by atoms with Crippen molar-refractivity contribution in [2.45, 2.75) is 26.4 Å². The Morgan fingerprint density at radius 3 is 2.25 bits per heavy atom. The van der Waals surface area contributed by atoms with Gasteiger partial charge in [0.25, 0.3) is 0 Å². The third-order valence-electron chi connectivity index (χ3n) is 3.65. The summed E-state index contributed by atoms with van der Waals surface area (Å²) in [6.07, 6.45) is -0.712. The molecule has 0 aromatic carbocycles. The molecule has 1 fully saturated rings. The van der Waals surface area contributed by atoms with Gasteiger partial charge in [0.05, 0.1) is 20.1 Å². The zero-order valence-electron chi connectivity index (χ0n) is 10.0. The molecule has 5 nitrogen and oxygen atoms in total. The molecule has 1 aliphatic rings. The molecule has 5 heteroatoms. The summed E-state index contributed by atoms with van der Waals surface area (Å²) in [5.74, 6) is -1.47. The second-order valence-electron chi connectivity index (χ2n) is 4.71. The average molecular weight is 230 g/mol. The largest absolute Gasteiger partial charge is 0.469 e. The quantitative estimate of drug-likeness (QED) is 0.708. The molecule has 0 amide bonds. The molecule has 1 saturated carbocycles. The normalized spacial score (nSPS) is 28.8. The van der Waals surface area contributed by atoms with Crippen molar-refractivity contribution in [3.63, 3.8) is 0 Å². The summed E-state index contributed by atoms with van der Waals surface area (Å²) in [6, 6.07) is 0. The highest BCUT2D eigenvalue weighted by Crippen LogP contribution is 2.53. The van der Waals surface area contributed by atoms with Gasteiger partial charge in [-0.3, -0.25) is 4.79 Å². The molecule has 3 atom stereocenters. The minimum absolute atomic E-state index is 0.260. The van der Waals surface area contributed by atoms with Crippen LogP contribution in [0.5, 0.6) is 0 Å². The Balaban J connectivity index is 2.70. The van der Waals surface area contributed by atoms with E-state index in [0.29, 0.717) is 6.42 Å². The number of aliphatic hydroxyl groups is 1. The van der Waals surface area contributed by atoms with Crippen molar-refractivity contribution in [3.8, 4) is 0 Å². The van der Waals surface area contributed by atoms with Gasteiger partial charge in [-0.05, 0) is 11.8 Å². The fraction of sp³-hybridized carbons (Fsp3) is 0.818. The highest BCUT2D eigenvalue weighted by atomic mass is 16.5. The zero-order valence-corrected chi connectivity index (χ0v) is 10.0. The number of hydrogen-bond donors (Lipinski definition) is 1. The number of ether oxygens (including phenoxy) is 2. The van der Waals surface area contributed by atoms with E-state index in [1.807, 2.05) is 13.8 Å². The second kappa shape index (κ2) is 4.41. The number of rotatable bonds is 3. The van der Waals surface area contributed by atoms with Crippen molar-refractivity contribution in [3.05, 3.63) is 0 Å². The number of hydrogen-bond acceptors (Lipinski definition) is 5. The summed E-state index contributed by atoms with van der Waals surface area (Å²) in [6.45, 7) is 3.68. The predicted octanol–water partition coefficient (Wildman–Crippen LogP) is 0.356. The van der Waals surface area contributed by atoms with E-state index in [4.69, 9.17) is 0 Å². The smallest absolute Gasteiger partial charge is 0.334 e. The van der Waals surface area contributed by atoms with Crippen molar-refractivity contribution < 1.29 is 24.2 Å². The number of methoxy groups -OCH3 is 2. The van der Waals surface area contributed by atoms with E-state index in [1.54, 1.807) is 0 Å². The lowest BCUT2D eigenvalue weighted by molar-refractivity contribution is -0.181. The summed E-state index contributed by atoms with van der Waals surface area (Å²) >= 11 is 0. The van der Waals surface area contributed by atoms with Crippen LogP contribution in [0.15, 0.2) is 0 Å². The van der Waals surface area contributed by atoms with Gasteiger partial charge in [-0.15, -0.1) is 0 Å². The highest BCUT2D eigenvalue weighted by molar-refractivity contribution is 5.78. The lowest BCUT2D eigenvalue weighted by Crippen LogP contribution is -2.55. The Hall–Kier alpha value is -1.10. The average Bonchev–Trinajstić information content (AvgIpc) is 2.25. The molecule has 0 aliphatic heterocycles. The summed E-state index contributed by atoms with van der Waals surface area (Å²) < 4.78 is 9.15. The van der Waals surface area contributed by atoms with Crippen LogP contribution in [0.3, 0.4) is 0 Å². The second-order valence-corrected chi connectivity index (χ2v) is 4.71. The number of esters is 2. The fourth-order valence-corrected chi connectivity index (χ4v) is 2.32. The first-order valence-corrected chi connectivity index (χ1v) is 5.20. The Kier molecular flexibility index (Phi) is 3.57. The number of carbonyl (C=O) groups is 2. The van der Waals surface area contributed by atoms with Crippen LogP contribution < -0.4 is 0 Å². The van der Waals surface area contributed by atoms with Crippen LogP contribution in [-0.2, 0) is 19.1 Å². The molecule has 0 unspecified atom stereocenters. The van der Waals surface area contributed by atoms with E-state index < -0.39 is 17.5 Å². The van der Waals surface area contributed by atoms with Crippen LogP contribution in [0, 0.1) is 17.3 Å². The Labute approximate surface area is 94.7 Å². The molecule has 0 aromatic rings. The molecular weight excluding hydrogens is 212 g/mol. The number of carbonyl (C=O) groups excluding carboxylic acids is 2. The van der Waals surface area contributed by atoms with Crippen LogP contribution >= 0.6 is 0 Å². The molecule has 0 radical (unpaired) electrons. The van der Waals surface area contributed by atoms with E-state index in [1.165, 1.54) is 14.2 Å². The molecule has 1 N–H and O–H groups in total. The highest BCUT2D eigenvalue weighted by Gasteiger charge is 2.56. The molecule has 0 saturated heterocycles. The van der Waals surface area contributed by atoms with Gasteiger partial charge in [0.1, 0.15) is 0 Å². The van der Waals surface area contributed by atoms with Crippen molar-refractivity contribution in [2.75, 3.05) is 14.2 Å². The van der Waals surface area contributed by atoms with Crippen molar-refractivity contribution in [1.29, 1.82) is 0 Å². The van der Waals surface area contributed by atoms with Gasteiger partial charge in [0.15, 0.2) is 6.10 Å². The van der Waals surface area contributed by atoms with Gasteiger partial charge in [0.2, 0.25) is 0 Å². The number of aliphatic hydroxyl groups excluding tert-OH is 1. The maximum atomic E-state index is 11.4. The summed E-state index contributed by atoms with van der Waals surface area (Å²) in [5, 5.41) is 9.72.